The molecule has 1 amide bonds. The molecule has 0 bridgehead atoms. The molecule has 1 aromatic heterocycles. The first-order valence-corrected chi connectivity index (χ1v) is 7.67. The van der Waals surface area contributed by atoms with Gasteiger partial charge in [0.05, 0.1) is 10.4 Å². The molecule has 1 heterocycles. The second-order valence-corrected chi connectivity index (χ2v) is 6.05. The van der Waals surface area contributed by atoms with Crippen LogP contribution in [0.25, 0.3) is 10.4 Å². The Labute approximate surface area is 131 Å². The average molecular weight is 327 g/mol. The summed E-state index contributed by atoms with van der Waals surface area (Å²) in [4.78, 5) is 15.0. The van der Waals surface area contributed by atoms with E-state index in [1.54, 1.807) is 30.1 Å². The van der Waals surface area contributed by atoms with Crippen molar-refractivity contribution in [1.29, 1.82) is 0 Å². The van der Waals surface area contributed by atoms with Crippen LogP contribution in [0, 0.1) is 0 Å². The van der Waals surface area contributed by atoms with Gasteiger partial charge in [-0.3, -0.25) is 4.79 Å². The van der Waals surface area contributed by atoms with Crippen LogP contribution in [0.3, 0.4) is 0 Å². The van der Waals surface area contributed by atoms with E-state index in [0.29, 0.717) is 21.9 Å². The fraction of sp³-hybridized carbons (Fsp3) is 0.312. The minimum absolute atomic E-state index is 0.106. The fourth-order valence-corrected chi connectivity index (χ4v) is 3.08. The van der Waals surface area contributed by atoms with Crippen LogP contribution in [0.15, 0.2) is 36.4 Å². The number of nitrogens with zero attached hydrogens (tertiary/aromatic N) is 1. The molecule has 6 heteroatoms. The molecular weight excluding hydrogens is 311 g/mol. The minimum atomic E-state index is -4.37. The molecule has 0 fully saturated rings. The molecule has 0 spiro atoms. The zero-order valence-corrected chi connectivity index (χ0v) is 13.1. The van der Waals surface area contributed by atoms with Crippen LogP contribution in [-0.2, 0) is 6.18 Å². The molecule has 0 aliphatic heterocycles. The van der Waals surface area contributed by atoms with Gasteiger partial charge in [0.25, 0.3) is 5.91 Å². The largest absolute Gasteiger partial charge is 0.416 e. The molecule has 0 saturated heterocycles. The maximum absolute atomic E-state index is 12.8. The Balaban J connectivity index is 2.27. The van der Waals surface area contributed by atoms with Crippen LogP contribution in [-0.4, -0.2) is 24.4 Å². The number of hydrogen-bond donors (Lipinski definition) is 0. The third-order valence-electron chi connectivity index (χ3n) is 3.20. The van der Waals surface area contributed by atoms with Gasteiger partial charge in [0.15, 0.2) is 0 Å². The van der Waals surface area contributed by atoms with Gasteiger partial charge >= 0.3 is 6.18 Å². The molecule has 0 saturated carbocycles. The molecular formula is C16H16F3NOS. The number of carbonyl (C=O) groups is 1. The van der Waals surface area contributed by atoms with Gasteiger partial charge in [0.2, 0.25) is 0 Å². The summed E-state index contributed by atoms with van der Waals surface area (Å²) in [6, 6.07) is 8.49. The van der Waals surface area contributed by atoms with Crippen molar-refractivity contribution in [3.05, 3.63) is 46.8 Å². The van der Waals surface area contributed by atoms with E-state index in [4.69, 9.17) is 0 Å². The molecule has 2 rings (SSSR count). The molecule has 0 aliphatic rings. The maximum Gasteiger partial charge on any atom is 0.416 e. The van der Waals surface area contributed by atoms with E-state index in [-0.39, 0.29) is 5.91 Å². The monoisotopic (exact) mass is 327 g/mol. The van der Waals surface area contributed by atoms with Gasteiger partial charge in [0, 0.05) is 18.5 Å². The zero-order valence-electron chi connectivity index (χ0n) is 12.3. The first-order valence-electron chi connectivity index (χ1n) is 6.86. The lowest BCUT2D eigenvalue weighted by Crippen LogP contribution is -2.26. The summed E-state index contributed by atoms with van der Waals surface area (Å²) in [6.45, 7) is 2.63. The standard InChI is InChI=1S/C16H16F3NOS/c1-3-9-20(2)15(21)14-8-7-13(22-14)11-5-4-6-12(10-11)16(17,18)19/h4-8,10H,3,9H2,1-2H3. The summed E-state index contributed by atoms with van der Waals surface area (Å²) in [7, 11) is 1.72. The highest BCUT2D eigenvalue weighted by molar-refractivity contribution is 7.17. The Morgan fingerprint density at radius 1 is 1.23 bits per heavy atom. The number of carbonyl (C=O) groups excluding carboxylic acids is 1. The number of alkyl halides is 3. The Bertz CT molecular complexity index is 663. The molecule has 2 nitrogen and oxygen atoms in total. The van der Waals surface area contributed by atoms with Gasteiger partial charge in [-0.2, -0.15) is 13.2 Å². The van der Waals surface area contributed by atoms with Gasteiger partial charge in [-0.25, -0.2) is 0 Å². The molecule has 0 N–H and O–H groups in total. The van der Waals surface area contributed by atoms with Crippen LogP contribution in [0.5, 0.6) is 0 Å². The van der Waals surface area contributed by atoms with E-state index < -0.39 is 11.7 Å². The average Bonchev–Trinajstić information content (AvgIpc) is 2.95. The van der Waals surface area contributed by atoms with Gasteiger partial charge < -0.3 is 4.90 Å². The fourth-order valence-electron chi connectivity index (χ4n) is 2.08. The highest BCUT2D eigenvalue weighted by atomic mass is 32.1. The van der Waals surface area contributed by atoms with Gasteiger partial charge in [-0.05, 0) is 36.2 Å². The smallest absolute Gasteiger partial charge is 0.341 e. The summed E-state index contributed by atoms with van der Waals surface area (Å²) >= 11 is 1.21. The van der Waals surface area contributed by atoms with E-state index in [1.807, 2.05) is 6.92 Å². The molecule has 0 unspecified atom stereocenters. The highest BCUT2D eigenvalue weighted by Crippen LogP contribution is 2.34. The van der Waals surface area contributed by atoms with Crippen molar-refractivity contribution in [3.63, 3.8) is 0 Å². The molecule has 2 aromatic rings. The van der Waals surface area contributed by atoms with E-state index >= 15 is 0 Å². The first kappa shape index (κ1) is 16.5. The number of thiophene rings is 1. The molecule has 1 aromatic carbocycles. The molecule has 118 valence electrons. The van der Waals surface area contributed by atoms with E-state index in [0.717, 1.165) is 18.6 Å². The van der Waals surface area contributed by atoms with Crippen molar-refractivity contribution in [2.75, 3.05) is 13.6 Å². The van der Waals surface area contributed by atoms with E-state index in [9.17, 15) is 18.0 Å². The van der Waals surface area contributed by atoms with Crippen molar-refractivity contribution >= 4 is 17.2 Å². The summed E-state index contributed by atoms with van der Waals surface area (Å²) in [5.41, 5.74) is -0.216. The Kier molecular flexibility index (Phi) is 4.90. The van der Waals surface area contributed by atoms with Crippen LogP contribution < -0.4 is 0 Å². The predicted octanol–water partition coefficient (Wildman–Crippen LogP) is 4.92. The quantitative estimate of drug-likeness (QED) is 0.781. The maximum atomic E-state index is 12.8. The predicted molar refractivity (Wildman–Crippen MR) is 82.0 cm³/mol. The van der Waals surface area contributed by atoms with Crippen molar-refractivity contribution in [2.45, 2.75) is 19.5 Å². The van der Waals surface area contributed by atoms with Crippen LogP contribution in [0.1, 0.15) is 28.6 Å². The number of hydrogen-bond acceptors (Lipinski definition) is 2. The highest BCUT2D eigenvalue weighted by Gasteiger charge is 2.30. The number of amides is 1. The van der Waals surface area contributed by atoms with Crippen molar-refractivity contribution < 1.29 is 18.0 Å². The van der Waals surface area contributed by atoms with Crippen LogP contribution in [0.4, 0.5) is 13.2 Å². The number of benzene rings is 1. The van der Waals surface area contributed by atoms with E-state index in [2.05, 4.69) is 0 Å². The van der Waals surface area contributed by atoms with Crippen molar-refractivity contribution in [1.82, 2.24) is 4.90 Å². The molecule has 22 heavy (non-hydrogen) atoms. The summed E-state index contributed by atoms with van der Waals surface area (Å²) in [5.74, 6) is -0.106. The SMILES string of the molecule is CCCN(C)C(=O)c1ccc(-c2cccc(C(F)(F)F)c2)s1. The Hall–Kier alpha value is -1.82. The minimum Gasteiger partial charge on any atom is -0.341 e. The lowest BCUT2D eigenvalue weighted by Gasteiger charge is -2.14. The lowest BCUT2D eigenvalue weighted by molar-refractivity contribution is -0.137. The van der Waals surface area contributed by atoms with Crippen molar-refractivity contribution in [3.8, 4) is 10.4 Å². The third kappa shape index (κ3) is 3.68. The van der Waals surface area contributed by atoms with Gasteiger partial charge in [-0.1, -0.05) is 19.1 Å². The summed E-state index contributed by atoms with van der Waals surface area (Å²) in [5, 5.41) is 0. The van der Waals surface area contributed by atoms with Crippen LogP contribution in [0.2, 0.25) is 0 Å². The third-order valence-corrected chi connectivity index (χ3v) is 4.32. The first-order chi connectivity index (χ1) is 10.3. The zero-order chi connectivity index (χ0) is 16.3. The second-order valence-electron chi connectivity index (χ2n) is 4.97. The lowest BCUT2D eigenvalue weighted by atomic mass is 10.1. The summed E-state index contributed by atoms with van der Waals surface area (Å²) < 4.78 is 38.3. The van der Waals surface area contributed by atoms with Crippen LogP contribution >= 0.6 is 11.3 Å². The molecule has 0 atom stereocenters. The van der Waals surface area contributed by atoms with Gasteiger partial charge in [0.1, 0.15) is 0 Å². The van der Waals surface area contributed by atoms with E-state index in [1.165, 1.54) is 17.4 Å². The van der Waals surface area contributed by atoms with Gasteiger partial charge in [-0.15, -0.1) is 11.3 Å². The Morgan fingerprint density at radius 2 is 1.95 bits per heavy atom. The molecule has 0 aliphatic carbocycles. The molecule has 0 radical (unpaired) electrons. The topological polar surface area (TPSA) is 20.3 Å². The summed E-state index contributed by atoms with van der Waals surface area (Å²) in [6.07, 6.45) is -3.51. The van der Waals surface area contributed by atoms with Crippen molar-refractivity contribution in [2.24, 2.45) is 0 Å². The Morgan fingerprint density at radius 3 is 2.59 bits per heavy atom. The second kappa shape index (κ2) is 6.52. The number of halogens is 3. The number of rotatable bonds is 4. The normalized spacial score (nSPS) is 11.5.